The Balaban J connectivity index is 1.57. The van der Waals surface area contributed by atoms with E-state index in [4.69, 9.17) is 15.9 Å². The number of aromatic nitrogens is 2. The molecule has 34 heavy (non-hydrogen) atoms. The number of hydrogen-bond acceptors (Lipinski definition) is 7. The lowest BCUT2D eigenvalue weighted by atomic mass is 9.93. The summed E-state index contributed by atoms with van der Waals surface area (Å²) >= 11 is 0. The molecule has 0 saturated heterocycles. The smallest absolute Gasteiger partial charge is 0.211 e. The Morgan fingerprint density at radius 2 is 1.88 bits per heavy atom. The van der Waals surface area contributed by atoms with Crippen molar-refractivity contribution in [3.8, 4) is 23.8 Å². The Bertz CT molecular complexity index is 1330. The van der Waals surface area contributed by atoms with Crippen LogP contribution in [-0.4, -0.2) is 55.3 Å². The van der Waals surface area contributed by atoms with Crippen molar-refractivity contribution in [1.82, 2.24) is 14.3 Å². The maximum absolute atomic E-state index is 11.9. The summed E-state index contributed by atoms with van der Waals surface area (Å²) in [6.07, 6.45) is 11.2. The molecule has 0 amide bonds. The average Bonchev–Trinajstić information content (AvgIpc) is 2.83. The molecule has 1 heterocycles. The molecule has 2 aromatic carbocycles. The van der Waals surface area contributed by atoms with E-state index in [0.717, 1.165) is 42.3 Å². The standard InChI is InChI=1S/C25H28N4O4S/c1-5-17-7-6-8-18(13-17)28-25-21-14-24(23(32-3)15-22(21)26-16-27-25)33-20-11-9-19(10-12-20)29(2)34(4,30)31/h1,6-8,13-16,19-20H,9-12H2,2-4H3,(H,26,27,28)/t19-,20-. The molecule has 0 spiro atoms. The zero-order valence-electron chi connectivity index (χ0n) is 19.5. The van der Waals surface area contributed by atoms with Crippen LogP contribution in [0, 0.1) is 12.3 Å². The molecule has 9 heteroatoms. The van der Waals surface area contributed by atoms with Gasteiger partial charge in [0.25, 0.3) is 0 Å². The molecule has 0 atom stereocenters. The number of sulfonamides is 1. The van der Waals surface area contributed by atoms with Gasteiger partial charge in [0.2, 0.25) is 10.0 Å². The number of ether oxygens (including phenoxy) is 2. The lowest BCUT2D eigenvalue weighted by Gasteiger charge is -2.33. The van der Waals surface area contributed by atoms with E-state index < -0.39 is 10.0 Å². The van der Waals surface area contributed by atoms with Gasteiger partial charge in [0.15, 0.2) is 11.5 Å². The highest BCUT2D eigenvalue weighted by Crippen LogP contribution is 2.37. The molecule has 1 aliphatic rings. The normalized spacial score (nSPS) is 18.4. The van der Waals surface area contributed by atoms with Crippen LogP contribution in [0.25, 0.3) is 10.9 Å². The average molecular weight is 481 g/mol. The molecular formula is C25H28N4O4S. The topological polar surface area (TPSA) is 93.7 Å². The third-order valence-electron chi connectivity index (χ3n) is 6.19. The van der Waals surface area contributed by atoms with Crippen LogP contribution >= 0.6 is 0 Å². The first-order valence-corrected chi connectivity index (χ1v) is 12.9. The number of rotatable bonds is 7. The zero-order chi connectivity index (χ0) is 24.3. The second-order valence-electron chi connectivity index (χ2n) is 8.42. The van der Waals surface area contributed by atoms with Gasteiger partial charge in [-0.3, -0.25) is 0 Å². The number of nitrogens with zero attached hydrogens (tertiary/aromatic N) is 3. The minimum Gasteiger partial charge on any atom is -0.493 e. The van der Waals surface area contributed by atoms with Crippen molar-refractivity contribution in [2.75, 3.05) is 25.7 Å². The molecule has 8 nitrogen and oxygen atoms in total. The fourth-order valence-electron chi connectivity index (χ4n) is 4.22. The predicted molar refractivity (Wildman–Crippen MR) is 133 cm³/mol. The summed E-state index contributed by atoms with van der Waals surface area (Å²) in [6.45, 7) is 0. The monoisotopic (exact) mass is 480 g/mol. The summed E-state index contributed by atoms with van der Waals surface area (Å²) in [5.74, 6) is 4.45. The van der Waals surface area contributed by atoms with E-state index in [1.54, 1.807) is 14.2 Å². The summed E-state index contributed by atoms with van der Waals surface area (Å²) < 4.78 is 37.1. The van der Waals surface area contributed by atoms with Gasteiger partial charge in [-0.05, 0) is 49.9 Å². The van der Waals surface area contributed by atoms with Crippen LogP contribution in [0.15, 0.2) is 42.7 Å². The van der Waals surface area contributed by atoms with E-state index in [2.05, 4.69) is 21.2 Å². The maximum atomic E-state index is 11.9. The molecule has 4 rings (SSSR count). The highest BCUT2D eigenvalue weighted by molar-refractivity contribution is 7.88. The zero-order valence-corrected chi connectivity index (χ0v) is 20.3. The van der Waals surface area contributed by atoms with Crippen molar-refractivity contribution >= 4 is 32.4 Å². The van der Waals surface area contributed by atoms with Gasteiger partial charge in [-0.15, -0.1) is 6.42 Å². The fraction of sp³-hybridized carbons (Fsp3) is 0.360. The first-order chi connectivity index (χ1) is 16.3. The van der Waals surface area contributed by atoms with Gasteiger partial charge >= 0.3 is 0 Å². The van der Waals surface area contributed by atoms with Gasteiger partial charge in [-0.2, -0.15) is 0 Å². The molecule has 0 aliphatic heterocycles. The van der Waals surface area contributed by atoms with Crippen LogP contribution in [0.2, 0.25) is 0 Å². The van der Waals surface area contributed by atoms with E-state index in [-0.39, 0.29) is 12.1 Å². The summed E-state index contributed by atoms with van der Waals surface area (Å²) in [7, 11) is 0.0270. The van der Waals surface area contributed by atoms with Crippen LogP contribution in [0.3, 0.4) is 0 Å². The first-order valence-electron chi connectivity index (χ1n) is 11.0. The summed E-state index contributed by atoms with van der Waals surface area (Å²) in [5, 5.41) is 4.10. The second kappa shape index (κ2) is 9.87. The number of methoxy groups -OCH3 is 1. The van der Waals surface area contributed by atoms with Crippen LogP contribution in [-0.2, 0) is 10.0 Å². The highest BCUT2D eigenvalue weighted by Gasteiger charge is 2.29. The fourth-order valence-corrected chi connectivity index (χ4v) is 4.97. The lowest BCUT2D eigenvalue weighted by Crippen LogP contribution is -2.40. The SMILES string of the molecule is C#Cc1cccc(Nc2ncnc3cc(OC)c(O[C@H]4CC[C@H](N(C)S(C)(=O)=O)CC4)cc23)c1. The Kier molecular flexibility index (Phi) is 6.91. The van der Waals surface area contributed by atoms with Crippen molar-refractivity contribution in [1.29, 1.82) is 0 Å². The van der Waals surface area contributed by atoms with Crippen LogP contribution in [0.5, 0.6) is 11.5 Å². The minimum absolute atomic E-state index is 0.00340. The van der Waals surface area contributed by atoms with Gasteiger partial charge in [0, 0.05) is 35.8 Å². The van der Waals surface area contributed by atoms with Gasteiger partial charge in [0.05, 0.1) is 25.0 Å². The number of anilines is 2. The van der Waals surface area contributed by atoms with E-state index >= 15 is 0 Å². The van der Waals surface area contributed by atoms with Crippen molar-refractivity contribution in [2.24, 2.45) is 0 Å². The van der Waals surface area contributed by atoms with Crippen molar-refractivity contribution in [3.05, 3.63) is 48.3 Å². The van der Waals surface area contributed by atoms with Gasteiger partial charge in [0.1, 0.15) is 12.1 Å². The highest BCUT2D eigenvalue weighted by atomic mass is 32.2. The molecule has 1 saturated carbocycles. The largest absolute Gasteiger partial charge is 0.493 e. The van der Waals surface area contributed by atoms with Crippen LogP contribution < -0.4 is 14.8 Å². The van der Waals surface area contributed by atoms with Gasteiger partial charge < -0.3 is 14.8 Å². The molecule has 3 aromatic rings. The molecule has 0 bridgehead atoms. The van der Waals surface area contributed by atoms with Crippen LogP contribution in [0.4, 0.5) is 11.5 Å². The maximum Gasteiger partial charge on any atom is 0.211 e. The first kappa shape index (κ1) is 23.8. The Morgan fingerprint density at radius 1 is 1.12 bits per heavy atom. The summed E-state index contributed by atoms with van der Waals surface area (Å²) in [4.78, 5) is 8.81. The van der Waals surface area contributed by atoms with Crippen LogP contribution in [0.1, 0.15) is 31.2 Å². The number of hydrogen-bond donors (Lipinski definition) is 1. The number of benzene rings is 2. The number of nitrogens with one attached hydrogen (secondary N) is 1. The van der Waals surface area contributed by atoms with E-state index in [1.807, 2.05) is 36.4 Å². The Labute approximate surface area is 200 Å². The molecule has 0 unspecified atom stereocenters. The van der Waals surface area contributed by atoms with Crippen molar-refractivity contribution in [2.45, 2.75) is 37.8 Å². The third kappa shape index (κ3) is 5.24. The molecule has 1 fully saturated rings. The lowest BCUT2D eigenvalue weighted by molar-refractivity contribution is 0.122. The Morgan fingerprint density at radius 3 is 2.56 bits per heavy atom. The predicted octanol–water partition coefficient (Wildman–Crippen LogP) is 3.94. The molecule has 1 aliphatic carbocycles. The quantitative estimate of drug-likeness (QED) is 0.512. The van der Waals surface area contributed by atoms with Gasteiger partial charge in [-0.1, -0.05) is 12.0 Å². The number of fused-ring (bicyclic) bond motifs is 1. The van der Waals surface area contributed by atoms with Gasteiger partial charge in [-0.25, -0.2) is 22.7 Å². The number of terminal acetylenes is 1. The molecule has 178 valence electrons. The summed E-state index contributed by atoms with van der Waals surface area (Å²) in [5.41, 5.74) is 2.31. The second-order valence-corrected chi connectivity index (χ2v) is 10.5. The summed E-state index contributed by atoms with van der Waals surface area (Å²) in [6, 6.07) is 11.3. The van der Waals surface area contributed by atoms with E-state index in [1.165, 1.54) is 16.9 Å². The minimum atomic E-state index is -3.21. The van der Waals surface area contributed by atoms with Crippen molar-refractivity contribution < 1.29 is 17.9 Å². The third-order valence-corrected chi connectivity index (χ3v) is 7.53. The molecular weight excluding hydrogens is 452 g/mol. The van der Waals surface area contributed by atoms with Crippen molar-refractivity contribution in [3.63, 3.8) is 0 Å². The van der Waals surface area contributed by atoms with E-state index in [0.29, 0.717) is 22.8 Å². The molecule has 1 N–H and O–H groups in total. The molecule has 1 aromatic heterocycles. The Hall–Kier alpha value is -3.35. The molecule has 0 radical (unpaired) electrons. The van der Waals surface area contributed by atoms with E-state index in [9.17, 15) is 8.42 Å².